The van der Waals surface area contributed by atoms with Crippen molar-refractivity contribution in [2.75, 3.05) is 0 Å². The first-order chi connectivity index (χ1) is 8.67. The summed E-state index contributed by atoms with van der Waals surface area (Å²) in [6.07, 6.45) is 2.85. The second-order valence-corrected chi connectivity index (χ2v) is 6.33. The molecule has 18 heavy (non-hydrogen) atoms. The van der Waals surface area contributed by atoms with Crippen LogP contribution in [0.1, 0.15) is 28.8 Å². The van der Waals surface area contributed by atoms with Crippen molar-refractivity contribution in [2.45, 2.75) is 32.2 Å². The van der Waals surface area contributed by atoms with Crippen molar-refractivity contribution >= 4 is 22.9 Å². The molecular formula is C14H15ClN2S. The molecule has 0 bridgehead atoms. The van der Waals surface area contributed by atoms with Crippen LogP contribution in [0.25, 0.3) is 11.3 Å². The van der Waals surface area contributed by atoms with E-state index in [0.717, 1.165) is 35.0 Å². The Morgan fingerprint density at radius 1 is 1.50 bits per heavy atom. The largest absolute Gasteiger partial charge is 0.327 e. The number of nitrogens with two attached hydrogens (primary N) is 1. The average molecular weight is 279 g/mol. The fraction of sp³-hybridized carbons (Fsp3) is 0.357. The summed E-state index contributed by atoms with van der Waals surface area (Å²) in [6, 6.07) is 6.28. The molecule has 4 heteroatoms. The number of fused-ring (bicyclic) bond motifs is 3. The van der Waals surface area contributed by atoms with E-state index in [-0.39, 0.29) is 6.04 Å². The minimum Gasteiger partial charge on any atom is -0.327 e. The van der Waals surface area contributed by atoms with Gasteiger partial charge in [0, 0.05) is 34.3 Å². The van der Waals surface area contributed by atoms with Gasteiger partial charge >= 0.3 is 0 Å². The van der Waals surface area contributed by atoms with E-state index in [1.165, 1.54) is 16.0 Å². The first-order valence-corrected chi connectivity index (χ1v) is 7.39. The average Bonchev–Trinajstić information content (AvgIpc) is 2.84. The highest BCUT2D eigenvalue weighted by Crippen LogP contribution is 2.40. The molecule has 2 aromatic rings. The summed E-state index contributed by atoms with van der Waals surface area (Å²) < 4.78 is 0. The van der Waals surface area contributed by atoms with E-state index in [1.54, 1.807) is 11.3 Å². The van der Waals surface area contributed by atoms with Gasteiger partial charge in [-0.15, -0.1) is 11.3 Å². The Morgan fingerprint density at radius 2 is 2.33 bits per heavy atom. The van der Waals surface area contributed by atoms with Crippen molar-refractivity contribution in [2.24, 2.45) is 5.73 Å². The van der Waals surface area contributed by atoms with Crippen molar-refractivity contribution < 1.29 is 0 Å². The predicted octanol–water partition coefficient (Wildman–Crippen LogP) is 3.65. The van der Waals surface area contributed by atoms with Gasteiger partial charge in [-0.3, -0.25) is 0 Å². The van der Waals surface area contributed by atoms with E-state index in [4.69, 9.17) is 22.3 Å². The number of aromatic nitrogens is 1. The highest BCUT2D eigenvalue weighted by atomic mass is 35.5. The van der Waals surface area contributed by atoms with E-state index < -0.39 is 0 Å². The van der Waals surface area contributed by atoms with Crippen molar-refractivity contribution in [1.29, 1.82) is 0 Å². The maximum atomic E-state index is 6.02. The lowest BCUT2D eigenvalue weighted by molar-refractivity contribution is 0.644. The molecule has 0 saturated heterocycles. The number of hydrogen-bond acceptors (Lipinski definition) is 3. The Morgan fingerprint density at radius 3 is 3.11 bits per heavy atom. The summed E-state index contributed by atoms with van der Waals surface area (Å²) in [5.41, 5.74) is 9.66. The lowest BCUT2D eigenvalue weighted by atomic mass is 10.1. The van der Waals surface area contributed by atoms with Crippen LogP contribution in [-0.4, -0.2) is 11.0 Å². The summed E-state index contributed by atoms with van der Waals surface area (Å²) >= 11 is 7.81. The Balaban J connectivity index is 1.93. The molecule has 1 heterocycles. The number of benzene rings is 1. The van der Waals surface area contributed by atoms with E-state index in [1.807, 2.05) is 12.1 Å². The molecule has 0 amide bonds. The van der Waals surface area contributed by atoms with Crippen molar-refractivity contribution in [3.8, 4) is 11.3 Å². The van der Waals surface area contributed by atoms with Gasteiger partial charge in [-0.2, -0.15) is 0 Å². The number of thiazole rings is 1. The Labute approximate surface area is 116 Å². The number of hydrogen-bond donors (Lipinski definition) is 1. The van der Waals surface area contributed by atoms with Crippen LogP contribution in [0, 0.1) is 0 Å². The van der Waals surface area contributed by atoms with Gasteiger partial charge in [0.05, 0.1) is 10.7 Å². The molecule has 1 unspecified atom stereocenters. The minimum atomic E-state index is 0.223. The zero-order valence-electron chi connectivity index (χ0n) is 10.2. The molecule has 1 aromatic heterocycles. The van der Waals surface area contributed by atoms with Crippen LogP contribution in [0.15, 0.2) is 18.2 Å². The van der Waals surface area contributed by atoms with Crippen molar-refractivity contribution in [3.05, 3.63) is 38.7 Å². The van der Waals surface area contributed by atoms with E-state index in [0.29, 0.717) is 0 Å². The topological polar surface area (TPSA) is 38.9 Å². The third-order valence-electron chi connectivity index (χ3n) is 3.38. The van der Waals surface area contributed by atoms with Gasteiger partial charge in [0.2, 0.25) is 0 Å². The standard InChI is InChI=1S/C14H15ClN2S/c1-2-10(16)7-13-17-14-11-4-3-9(15)5-8(11)6-12(14)18-13/h3-5,10H,2,6-7,16H2,1H3. The first-order valence-electron chi connectivity index (χ1n) is 6.20. The second-order valence-electron chi connectivity index (χ2n) is 4.73. The smallest absolute Gasteiger partial charge is 0.0951 e. The highest BCUT2D eigenvalue weighted by Gasteiger charge is 2.23. The van der Waals surface area contributed by atoms with Crippen LogP contribution >= 0.6 is 22.9 Å². The fourth-order valence-electron chi connectivity index (χ4n) is 2.30. The minimum absolute atomic E-state index is 0.223. The predicted molar refractivity (Wildman–Crippen MR) is 77.3 cm³/mol. The lowest BCUT2D eigenvalue weighted by Crippen LogP contribution is -2.21. The molecule has 0 aliphatic heterocycles. The summed E-state index contributed by atoms with van der Waals surface area (Å²) in [5.74, 6) is 0. The van der Waals surface area contributed by atoms with Crippen LogP contribution in [0.3, 0.4) is 0 Å². The van der Waals surface area contributed by atoms with Gasteiger partial charge in [0.15, 0.2) is 0 Å². The third kappa shape index (κ3) is 2.07. The molecule has 1 atom stereocenters. The molecule has 1 aliphatic rings. The van der Waals surface area contributed by atoms with Crippen LogP contribution in [0.5, 0.6) is 0 Å². The van der Waals surface area contributed by atoms with Crippen LogP contribution in [0.2, 0.25) is 5.02 Å². The van der Waals surface area contributed by atoms with Crippen LogP contribution in [-0.2, 0) is 12.8 Å². The summed E-state index contributed by atoms with van der Waals surface area (Å²) in [5, 5.41) is 1.96. The molecule has 94 valence electrons. The molecular weight excluding hydrogens is 264 g/mol. The molecule has 3 rings (SSSR count). The number of halogens is 1. The summed E-state index contributed by atoms with van der Waals surface area (Å²) in [6.45, 7) is 2.11. The normalized spacial score (nSPS) is 14.4. The second kappa shape index (κ2) is 4.65. The van der Waals surface area contributed by atoms with E-state index in [2.05, 4.69) is 13.0 Å². The Kier molecular flexibility index (Phi) is 3.14. The summed E-state index contributed by atoms with van der Waals surface area (Å²) in [4.78, 5) is 6.10. The van der Waals surface area contributed by atoms with Gasteiger partial charge in [-0.1, -0.05) is 24.6 Å². The molecule has 1 aromatic carbocycles. The van der Waals surface area contributed by atoms with Gasteiger partial charge in [-0.25, -0.2) is 4.98 Å². The van der Waals surface area contributed by atoms with Gasteiger partial charge in [0.25, 0.3) is 0 Å². The van der Waals surface area contributed by atoms with Crippen molar-refractivity contribution in [1.82, 2.24) is 4.98 Å². The van der Waals surface area contributed by atoms with Crippen LogP contribution < -0.4 is 5.73 Å². The van der Waals surface area contributed by atoms with Gasteiger partial charge in [-0.05, 0) is 24.1 Å². The first kappa shape index (κ1) is 12.2. The molecule has 2 N–H and O–H groups in total. The highest BCUT2D eigenvalue weighted by molar-refractivity contribution is 7.12. The molecule has 0 saturated carbocycles. The zero-order valence-corrected chi connectivity index (χ0v) is 11.8. The maximum absolute atomic E-state index is 6.02. The van der Waals surface area contributed by atoms with Gasteiger partial charge < -0.3 is 5.73 Å². The van der Waals surface area contributed by atoms with Crippen molar-refractivity contribution in [3.63, 3.8) is 0 Å². The van der Waals surface area contributed by atoms with E-state index in [9.17, 15) is 0 Å². The zero-order chi connectivity index (χ0) is 12.7. The summed E-state index contributed by atoms with van der Waals surface area (Å²) in [7, 11) is 0. The molecule has 0 spiro atoms. The van der Waals surface area contributed by atoms with Crippen LogP contribution in [0.4, 0.5) is 0 Å². The SMILES string of the molecule is CCC(N)Cc1nc2c(s1)Cc1cc(Cl)ccc1-2. The monoisotopic (exact) mass is 278 g/mol. The maximum Gasteiger partial charge on any atom is 0.0951 e. The molecule has 0 radical (unpaired) electrons. The van der Waals surface area contributed by atoms with E-state index >= 15 is 0 Å². The Hall–Kier alpha value is -0.900. The quantitative estimate of drug-likeness (QED) is 0.794. The third-order valence-corrected chi connectivity index (χ3v) is 4.69. The van der Waals surface area contributed by atoms with Gasteiger partial charge in [0.1, 0.15) is 0 Å². The fourth-order valence-corrected chi connectivity index (χ4v) is 3.69. The molecule has 1 aliphatic carbocycles. The number of rotatable bonds is 3. The Bertz CT molecular complexity index is 591. The molecule has 2 nitrogen and oxygen atoms in total. The lowest BCUT2D eigenvalue weighted by Gasteiger charge is -2.05. The molecule has 0 fully saturated rings. The number of nitrogens with zero attached hydrogens (tertiary/aromatic N) is 1.